The van der Waals surface area contributed by atoms with Gasteiger partial charge in [0.2, 0.25) is 0 Å². The van der Waals surface area contributed by atoms with Crippen LogP contribution in [0.1, 0.15) is 36.7 Å². The number of amides is 2. The molecule has 1 aromatic carbocycles. The first-order valence-corrected chi connectivity index (χ1v) is 6.05. The van der Waals surface area contributed by atoms with Crippen LogP contribution in [-0.4, -0.2) is 45.5 Å². The molecule has 2 amide bonds. The fourth-order valence-corrected chi connectivity index (χ4v) is 1.32. The number of carbonyl (C=O) groups excluding carboxylic acids is 1. The van der Waals surface area contributed by atoms with E-state index >= 15 is 0 Å². The number of hydrogen-bond acceptors (Lipinski definition) is 3. The third-order valence-electron chi connectivity index (χ3n) is 2.68. The standard InChI is InChI=1S/C14H18N2O4/c1-14(2,3)16(20)9-10-5-7-11(8-6-10)12(17)15(4)13(18)19/h5-9H,1-4H3,(H,18,19)/b16-9-. The van der Waals surface area contributed by atoms with Gasteiger partial charge in [0.1, 0.15) is 0 Å². The third kappa shape index (κ3) is 3.81. The Kier molecular flexibility index (Phi) is 4.49. The lowest BCUT2D eigenvalue weighted by Crippen LogP contribution is -2.31. The average Bonchev–Trinajstić information content (AvgIpc) is 2.36. The van der Waals surface area contributed by atoms with Crippen molar-refractivity contribution >= 4 is 18.2 Å². The Morgan fingerprint density at radius 1 is 1.25 bits per heavy atom. The van der Waals surface area contributed by atoms with Crippen molar-refractivity contribution < 1.29 is 19.4 Å². The first kappa shape index (κ1) is 15.7. The van der Waals surface area contributed by atoms with Crippen molar-refractivity contribution in [1.82, 2.24) is 4.90 Å². The molecule has 6 heteroatoms. The molecule has 20 heavy (non-hydrogen) atoms. The van der Waals surface area contributed by atoms with Crippen LogP contribution in [-0.2, 0) is 0 Å². The average molecular weight is 278 g/mol. The van der Waals surface area contributed by atoms with Crippen LogP contribution in [0.15, 0.2) is 24.3 Å². The van der Waals surface area contributed by atoms with E-state index in [0.29, 0.717) is 10.5 Å². The van der Waals surface area contributed by atoms with Crippen LogP contribution in [0.2, 0.25) is 0 Å². The Morgan fingerprint density at radius 3 is 2.15 bits per heavy atom. The smallest absolute Gasteiger partial charge is 0.414 e. The topological polar surface area (TPSA) is 83.7 Å². The molecular weight excluding hydrogens is 260 g/mol. The van der Waals surface area contributed by atoms with E-state index in [2.05, 4.69) is 0 Å². The SMILES string of the molecule is CN(C(=O)O)C(=O)c1ccc(/C=[N+](\[O-])C(C)(C)C)cc1. The van der Waals surface area contributed by atoms with Crippen LogP contribution in [0.3, 0.4) is 0 Å². The van der Waals surface area contributed by atoms with Crippen LogP contribution >= 0.6 is 0 Å². The van der Waals surface area contributed by atoms with Gasteiger partial charge in [-0.25, -0.2) is 14.4 Å². The summed E-state index contributed by atoms with van der Waals surface area (Å²) in [4.78, 5) is 23.0. The molecule has 0 saturated carbocycles. The normalized spacial score (nSPS) is 12.1. The van der Waals surface area contributed by atoms with E-state index in [4.69, 9.17) is 5.11 Å². The van der Waals surface area contributed by atoms with Gasteiger partial charge >= 0.3 is 6.09 Å². The second-order valence-corrected chi connectivity index (χ2v) is 5.39. The number of hydroxylamine groups is 1. The summed E-state index contributed by atoms with van der Waals surface area (Å²) in [5.41, 5.74) is 0.350. The van der Waals surface area contributed by atoms with Gasteiger partial charge in [0.15, 0.2) is 11.8 Å². The number of carbonyl (C=O) groups is 2. The maximum atomic E-state index is 11.8. The quantitative estimate of drug-likeness (QED) is 0.389. The number of rotatable bonds is 2. The summed E-state index contributed by atoms with van der Waals surface area (Å²) in [5, 5.41) is 20.5. The van der Waals surface area contributed by atoms with E-state index in [0.717, 1.165) is 4.74 Å². The number of carboxylic acid groups (broad SMARTS) is 1. The van der Waals surface area contributed by atoms with E-state index in [1.54, 1.807) is 32.9 Å². The molecule has 1 N–H and O–H groups in total. The number of imide groups is 1. The molecule has 0 aliphatic carbocycles. The molecule has 0 bridgehead atoms. The van der Waals surface area contributed by atoms with Crippen molar-refractivity contribution in [3.8, 4) is 0 Å². The largest absolute Gasteiger partial charge is 0.623 e. The lowest BCUT2D eigenvalue weighted by molar-refractivity contribution is -0.530. The van der Waals surface area contributed by atoms with Crippen LogP contribution < -0.4 is 0 Å². The minimum Gasteiger partial charge on any atom is -0.623 e. The molecule has 0 fully saturated rings. The molecule has 1 aromatic rings. The van der Waals surface area contributed by atoms with Gasteiger partial charge in [-0.2, -0.15) is 0 Å². The van der Waals surface area contributed by atoms with Crippen LogP contribution in [0, 0.1) is 5.21 Å². The molecule has 0 radical (unpaired) electrons. The Labute approximate surface area is 117 Å². The van der Waals surface area contributed by atoms with Crippen molar-refractivity contribution in [2.24, 2.45) is 0 Å². The summed E-state index contributed by atoms with van der Waals surface area (Å²) in [5.74, 6) is -0.612. The summed E-state index contributed by atoms with van der Waals surface area (Å²) in [6, 6.07) is 6.17. The Bertz CT molecular complexity index is 541. The summed E-state index contributed by atoms with van der Waals surface area (Å²) in [6.45, 7) is 5.36. The second kappa shape index (κ2) is 5.73. The van der Waals surface area contributed by atoms with Gasteiger partial charge in [-0.3, -0.25) is 4.79 Å². The van der Waals surface area contributed by atoms with Gasteiger partial charge < -0.3 is 10.3 Å². The van der Waals surface area contributed by atoms with Gasteiger partial charge in [-0.1, -0.05) is 0 Å². The minimum atomic E-state index is -1.32. The van der Waals surface area contributed by atoms with Crippen LogP contribution in [0.5, 0.6) is 0 Å². The molecular formula is C14H18N2O4. The van der Waals surface area contributed by atoms with Crippen molar-refractivity contribution in [1.29, 1.82) is 0 Å². The molecule has 0 heterocycles. The molecule has 108 valence electrons. The molecule has 0 aromatic heterocycles. The Balaban J connectivity index is 2.96. The van der Waals surface area contributed by atoms with Crippen molar-refractivity contribution in [2.45, 2.75) is 26.3 Å². The van der Waals surface area contributed by atoms with E-state index in [1.807, 2.05) is 0 Å². The highest BCUT2D eigenvalue weighted by Crippen LogP contribution is 2.09. The predicted octanol–water partition coefficient (Wildman–Crippen LogP) is 2.16. The van der Waals surface area contributed by atoms with E-state index in [-0.39, 0.29) is 5.56 Å². The van der Waals surface area contributed by atoms with Crippen LogP contribution in [0.25, 0.3) is 0 Å². The second-order valence-electron chi connectivity index (χ2n) is 5.39. The first-order chi connectivity index (χ1) is 9.12. The minimum absolute atomic E-state index is 0.250. The highest BCUT2D eigenvalue weighted by atomic mass is 16.5. The van der Waals surface area contributed by atoms with Crippen molar-refractivity contribution in [3.63, 3.8) is 0 Å². The molecule has 6 nitrogen and oxygen atoms in total. The zero-order valence-electron chi connectivity index (χ0n) is 12.0. The highest BCUT2D eigenvalue weighted by molar-refractivity contribution is 6.02. The third-order valence-corrected chi connectivity index (χ3v) is 2.68. The Hall–Kier alpha value is -2.37. The predicted molar refractivity (Wildman–Crippen MR) is 75.1 cm³/mol. The summed E-state index contributed by atoms with van der Waals surface area (Å²) in [6.07, 6.45) is 0.110. The highest BCUT2D eigenvalue weighted by Gasteiger charge is 2.19. The van der Waals surface area contributed by atoms with Gasteiger partial charge in [-0.05, 0) is 24.3 Å². The molecule has 0 atom stereocenters. The number of hydrogen-bond donors (Lipinski definition) is 1. The van der Waals surface area contributed by atoms with Gasteiger partial charge in [0.05, 0.1) is 0 Å². The fourth-order valence-electron chi connectivity index (χ4n) is 1.32. The summed E-state index contributed by atoms with van der Waals surface area (Å²) >= 11 is 0. The summed E-state index contributed by atoms with van der Waals surface area (Å²) in [7, 11) is 1.18. The van der Waals surface area contributed by atoms with Gasteiger partial charge in [-0.15, -0.1) is 0 Å². The molecule has 0 spiro atoms. The number of benzene rings is 1. The monoisotopic (exact) mass is 278 g/mol. The van der Waals surface area contributed by atoms with Crippen molar-refractivity contribution in [2.75, 3.05) is 7.05 Å². The maximum Gasteiger partial charge on any atom is 0.414 e. The van der Waals surface area contributed by atoms with E-state index < -0.39 is 17.5 Å². The van der Waals surface area contributed by atoms with E-state index in [1.165, 1.54) is 25.4 Å². The Morgan fingerprint density at radius 2 is 1.75 bits per heavy atom. The lowest BCUT2D eigenvalue weighted by Gasteiger charge is -2.18. The zero-order valence-corrected chi connectivity index (χ0v) is 12.0. The van der Waals surface area contributed by atoms with E-state index in [9.17, 15) is 14.8 Å². The van der Waals surface area contributed by atoms with Gasteiger partial charge in [0.25, 0.3) is 5.91 Å². The molecule has 1 rings (SSSR count). The van der Waals surface area contributed by atoms with Crippen molar-refractivity contribution in [3.05, 3.63) is 40.6 Å². The number of nitrogens with zero attached hydrogens (tertiary/aromatic N) is 2. The van der Waals surface area contributed by atoms with Crippen LogP contribution in [0.4, 0.5) is 4.79 Å². The van der Waals surface area contributed by atoms with Gasteiger partial charge in [0, 0.05) is 38.9 Å². The maximum absolute atomic E-state index is 11.8. The molecule has 0 aliphatic rings. The zero-order chi connectivity index (χ0) is 15.5. The molecule has 0 saturated heterocycles. The summed E-state index contributed by atoms with van der Waals surface area (Å²) < 4.78 is 0.827. The lowest BCUT2D eigenvalue weighted by atomic mass is 10.1. The first-order valence-electron chi connectivity index (χ1n) is 6.05. The molecule has 0 aliphatic heterocycles. The molecule has 0 unspecified atom stereocenters. The fraction of sp³-hybridized carbons (Fsp3) is 0.357.